The highest BCUT2D eigenvalue weighted by Crippen LogP contribution is 2.29. The molecule has 0 radical (unpaired) electrons. The number of pyridine rings is 1. The summed E-state index contributed by atoms with van der Waals surface area (Å²) in [6, 6.07) is 12.5. The molecule has 3 aromatic rings. The average molecular weight is 390 g/mol. The molecule has 2 N–H and O–H groups in total. The zero-order valence-corrected chi connectivity index (χ0v) is 16.3. The van der Waals surface area contributed by atoms with Crippen molar-refractivity contribution in [2.75, 3.05) is 23.4 Å². The lowest BCUT2D eigenvalue weighted by Gasteiger charge is -2.21. The Labute approximate surface area is 168 Å². The predicted molar refractivity (Wildman–Crippen MR) is 113 cm³/mol. The van der Waals surface area contributed by atoms with Gasteiger partial charge in [0, 0.05) is 43.4 Å². The molecule has 0 bridgehead atoms. The summed E-state index contributed by atoms with van der Waals surface area (Å²) in [4.78, 5) is 14.4. The molecule has 0 spiro atoms. The Morgan fingerprint density at radius 1 is 1.00 bits per heavy atom. The summed E-state index contributed by atoms with van der Waals surface area (Å²) in [5.74, 6) is 0.523. The predicted octanol–water partition coefficient (Wildman–Crippen LogP) is 3.98. The van der Waals surface area contributed by atoms with Crippen molar-refractivity contribution in [1.82, 2.24) is 15.0 Å². The van der Waals surface area contributed by atoms with Crippen LogP contribution in [0, 0.1) is 0 Å². The zero-order chi connectivity index (χ0) is 20.5. The maximum absolute atomic E-state index is 10.4. The number of hydrazone groups is 1. The largest absolute Gasteiger partial charge is 0.506 e. The molecule has 0 saturated heterocycles. The maximum Gasteiger partial charge on any atom is 0.268 e. The van der Waals surface area contributed by atoms with Crippen LogP contribution in [0.3, 0.4) is 0 Å². The summed E-state index contributed by atoms with van der Waals surface area (Å²) in [6.07, 6.45) is 4.79. The average Bonchev–Trinajstić information content (AvgIpc) is 2.77. The van der Waals surface area contributed by atoms with Crippen LogP contribution in [0.15, 0.2) is 76.4 Å². The smallest absolute Gasteiger partial charge is 0.268 e. The first-order valence-electron chi connectivity index (χ1n) is 9.23. The van der Waals surface area contributed by atoms with Gasteiger partial charge >= 0.3 is 0 Å². The summed E-state index contributed by atoms with van der Waals surface area (Å²) in [6.45, 7) is 5.84. The number of amidine groups is 1. The van der Waals surface area contributed by atoms with Crippen LogP contribution < -0.4 is 10.3 Å². The lowest BCUT2D eigenvalue weighted by molar-refractivity contribution is 0.477. The second-order valence-electron chi connectivity index (χ2n) is 5.88. The van der Waals surface area contributed by atoms with Crippen molar-refractivity contribution in [3.8, 4) is 5.75 Å². The van der Waals surface area contributed by atoms with Crippen molar-refractivity contribution in [1.29, 1.82) is 0 Å². The van der Waals surface area contributed by atoms with Gasteiger partial charge in [-0.15, -0.1) is 10.2 Å². The van der Waals surface area contributed by atoms with Gasteiger partial charge in [-0.25, -0.2) is 9.97 Å². The molecule has 2 aromatic heterocycles. The summed E-state index contributed by atoms with van der Waals surface area (Å²) in [5, 5.41) is 22.8. The van der Waals surface area contributed by atoms with E-state index >= 15 is 0 Å². The lowest BCUT2D eigenvalue weighted by Crippen LogP contribution is -2.21. The minimum absolute atomic E-state index is 0.0850. The fraction of sp³-hybridized carbons (Fsp3) is 0.200. The van der Waals surface area contributed by atoms with Crippen LogP contribution in [0.25, 0.3) is 0 Å². The van der Waals surface area contributed by atoms with Crippen LogP contribution >= 0.6 is 0 Å². The normalized spacial score (nSPS) is 11.6. The molecule has 0 atom stereocenters. The Hall–Kier alpha value is -3.88. The Morgan fingerprint density at radius 2 is 1.76 bits per heavy atom. The number of nitrogens with one attached hydrogen (secondary N) is 1. The Balaban J connectivity index is 1.86. The summed E-state index contributed by atoms with van der Waals surface area (Å²) in [7, 11) is 0. The van der Waals surface area contributed by atoms with Crippen molar-refractivity contribution in [3.05, 3.63) is 66.7 Å². The van der Waals surface area contributed by atoms with Crippen molar-refractivity contribution in [3.63, 3.8) is 0 Å². The van der Waals surface area contributed by atoms with Gasteiger partial charge in [-0.2, -0.15) is 5.10 Å². The van der Waals surface area contributed by atoms with Crippen LogP contribution in [-0.2, 0) is 0 Å². The molecule has 9 heteroatoms. The van der Waals surface area contributed by atoms with Gasteiger partial charge in [0.05, 0.1) is 5.69 Å². The fourth-order valence-corrected chi connectivity index (χ4v) is 2.57. The van der Waals surface area contributed by atoms with Crippen molar-refractivity contribution in [2.24, 2.45) is 15.3 Å². The molecule has 3 rings (SSSR count). The summed E-state index contributed by atoms with van der Waals surface area (Å²) in [5.41, 5.74) is 4.73. The minimum atomic E-state index is 0.0850. The highest BCUT2D eigenvalue weighted by atomic mass is 16.3. The number of aromatic hydroxyl groups is 1. The minimum Gasteiger partial charge on any atom is -0.506 e. The summed E-state index contributed by atoms with van der Waals surface area (Å²) >= 11 is 0. The topological polar surface area (TPSA) is 111 Å². The molecule has 0 aliphatic carbocycles. The van der Waals surface area contributed by atoms with Gasteiger partial charge in [0.25, 0.3) is 5.95 Å². The van der Waals surface area contributed by atoms with E-state index in [9.17, 15) is 5.11 Å². The second kappa shape index (κ2) is 9.88. The van der Waals surface area contributed by atoms with Crippen LogP contribution in [0.1, 0.15) is 19.5 Å². The van der Waals surface area contributed by atoms with Gasteiger partial charge < -0.3 is 10.0 Å². The van der Waals surface area contributed by atoms with Crippen molar-refractivity contribution in [2.45, 2.75) is 13.8 Å². The highest BCUT2D eigenvalue weighted by Gasteiger charge is 2.08. The van der Waals surface area contributed by atoms with Crippen LogP contribution in [0.2, 0.25) is 0 Å². The van der Waals surface area contributed by atoms with E-state index in [1.54, 1.807) is 48.9 Å². The van der Waals surface area contributed by atoms with Gasteiger partial charge in [-0.1, -0.05) is 6.07 Å². The Kier molecular flexibility index (Phi) is 6.77. The number of aromatic nitrogens is 3. The number of hydrogen-bond acceptors (Lipinski definition) is 8. The Bertz CT molecular complexity index is 972. The highest BCUT2D eigenvalue weighted by molar-refractivity contribution is 5.97. The van der Waals surface area contributed by atoms with E-state index in [4.69, 9.17) is 0 Å². The Morgan fingerprint density at radius 3 is 2.41 bits per heavy atom. The zero-order valence-electron chi connectivity index (χ0n) is 16.3. The first-order chi connectivity index (χ1) is 14.2. The molecule has 0 aliphatic rings. The number of anilines is 2. The van der Waals surface area contributed by atoms with Crippen molar-refractivity contribution >= 4 is 23.2 Å². The number of benzene rings is 1. The molecule has 0 unspecified atom stereocenters. The molecule has 148 valence electrons. The number of hydrogen-bond donors (Lipinski definition) is 2. The molecule has 0 aliphatic heterocycles. The molecule has 0 amide bonds. The SMILES string of the molecule is CCN(CC)c1ccc(N/N=C(\N=Nc2ncccn2)c2ccccn2)c(O)c1. The number of nitrogens with zero attached hydrogens (tertiary/aromatic N) is 7. The van der Waals surface area contributed by atoms with Crippen LogP contribution in [0.4, 0.5) is 17.3 Å². The van der Waals surface area contributed by atoms with E-state index in [1.807, 2.05) is 12.1 Å². The summed E-state index contributed by atoms with van der Waals surface area (Å²) < 4.78 is 0. The molecular weight excluding hydrogens is 368 g/mol. The number of rotatable bonds is 7. The number of phenolic OH excluding ortho intramolecular Hbond substituents is 1. The maximum atomic E-state index is 10.4. The van der Waals surface area contributed by atoms with E-state index in [2.05, 4.69) is 54.5 Å². The third-order valence-electron chi connectivity index (χ3n) is 4.07. The van der Waals surface area contributed by atoms with Gasteiger partial charge in [-0.05, 0) is 44.2 Å². The van der Waals surface area contributed by atoms with Gasteiger partial charge in [0.1, 0.15) is 11.4 Å². The monoisotopic (exact) mass is 390 g/mol. The van der Waals surface area contributed by atoms with Crippen molar-refractivity contribution < 1.29 is 5.11 Å². The fourth-order valence-electron chi connectivity index (χ4n) is 2.57. The van der Waals surface area contributed by atoms with Crippen LogP contribution in [-0.4, -0.2) is 39.0 Å². The lowest BCUT2D eigenvalue weighted by atomic mass is 10.2. The van der Waals surface area contributed by atoms with Crippen LogP contribution in [0.5, 0.6) is 5.75 Å². The quantitative estimate of drug-likeness (QED) is 0.207. The third kappa shape index (κ3) is 5.32. The van der Waals surface area contributed by atoms with Gasteiger partial charge in [0.2, 0.25) is 5.84 Å². The van der Waals surface area contributed by atoms with E-state index in [-0.39, 0.29) is 17.5 Å². The standard InChI is InChI=1S/C20H22N8O/c1-3-28(4-2)15-9-10-16(18(29)14-15)24-25-19(17-8-5-6-11-21-17)26-27-20-22-12-7-13-23-20/h5-14,24,29H,3-4H2,1-2H3/b25-19-,27-26?. The first kappa shape index (κ1) is 19.9. The second-order valence-corrected chi connectivity index (χ2v) is 5.88. The molecular formula is C20H22N8O. The third-order valence-corrected chi connectivity index (χ3v) is 4.07. The van der Waals surface area contributed by atoms with Gasteiger partial charge in [-0.3, -0.25) is 10.4 Å². The first-order valence-corrected chi connectivity index (χ1v) is 9.23. The van der Waals surface area contributed by atoms with E-state index in [0.29, 0.717) is 11.4 Å². The van der Waals surface area contributed by atoms with Gasteiger partial charge in [0.15, 0.2) is 0 Å². The molecule has 1 aromatic carbocycles. The number of azo groups is 1. The van der Waals surface area contributed by atoms with E-state index in [1.165, 1.54) is 0 Å². The molecule has 9 nitrogen and oxygen atoms in total. The molecule has 2 heterocycles. The molecule has 0 saturated carbocycles. The van der Waals surface area contributed by atoms with E-state index < -0.39 is 0 Å². The molecule has 29 heavy (non-hydrogen) atoms. The van der Waals surface area contributed by atoms with E-state index in [0.717, 1.165) is 18.8 Å². The molecule has 0 fully saturated rings. The number of phenols is 1.